The first-order valence-corrected chi connectivity index (χ1v) is 10.7. The number of hydrogen-bond donors (Lipinski definition) is 2. The van der Waals surface area contributed by atoms with Gasteiger partial charge in [-0.3, -0.25) is 15.4 Å². The largest absolute Gasteiger partial charge is 0.478 e. The number of hydrogen-bond acceptors (Lipinski definition) is 7. The Bertz CT molecular complexity index is 1160. The fourth-order valence-corrected chi connectivity index (χ4v) is 4.01. The van der Waals surface area contributed by atoms with E-state index in [0.717, 1.165) is 16.4 Å². The third-order valence-electron chi connectivity index (χ3n) is 4.13. The maximum absolute atomic E-state index is 13.0. The number of amides is 1. The van der Waals surface area contributed by atoms with Crippen LogP contribution in [0.4, 0.5) is 16.2 Å². The van der Waals surface area contributed by atoms with Gasteiger partial charge in [-0.1, -0.05) is 12.1 Å². The van der Waals surface area contributed by atoms with Crippen LogP contribution in [0.3, 0.4) is 0 Å². The average Bonchev–Trinajstić information content (AvgIpc) is 2.67. The van der Waals surface area contributed by atoms with Crippen LogP contribution in [-0.4, -0.2) is 47.5 Å². The molecule has 12 heteroatoms. The number of nitro benzene ring substituents is 1. The number of benzene rings is 2. The Morgan fingerprint density at radius 3 is 2.38 bits per heavy atom. The van der Waals surface area contributed by atoms with Crippen molar-refractivity contribution in [2.24, 2.45) is 0 Å². The molecule has 0 heterocycles. The van der Waals surface area contributed by atoms with Crippen molar-refractivity contribution in [2.45, 2.75) is 37.8 Å². The molecule has 0 atom stereocenters. The van der Waals surface area contributed by atoms with E-state index in [1.54, 1.807) is 20.8 Å². The number of para-hydroxylation sites is 1. The fraction of sp³-hybridized carbons (Fsp3) is 0.300. The van der Waals surface area contributed by atoms with Crippen molar-refractivity contribution >= 4 is 33.5 Å². The van der Waals surface area contributed by atoms with Crippen LogP contribution >= 0.6 is 0 Å². The van der Waals surface area contributed by atoms with Crippen LogP contribution in [0.25, 0.3) is 0 Å². The highest BCUT2D eigenvalue weighted by atomic mass is 32.2. The Balaban J connectivity index is 2.43. The molecule has 2 aromatic rings. The molecule has 0 aliphatic rings. The summed E-state index contributed by atoms with van der Waals surface area (Å²) in [5.41, 5.74) is -1.23. The molecule has 32 heavy (non-hydrogen) atoms. The molecule has 11 nitrogen and oxygen atoms in total. The Morgan fingerprint density at radius 2 is 1.81 bits per heavy atom. The molecule has 0 fully saturated rings. The van der Waals surface area contributed by atoms with Crippen molar-refractivity contribution in [3.05, 3.63) is 63.7 Å². The van der Waals surface area contributed by atoms with Crippen molar-refractivity contribution in [3.63, 3.8) is 0 Å². The minimum atomic E-state index is -4.32. The van der Waals surface area contributed by atoms with Crippen LogP contribution in [0.1, 0.15) is 36.7 Å². The topological polar surface area (TPSA) is 156 Å². The number of nitro groups is 1. The van der Waals surface area contributed by atoms with Crippen molar-refractivity contribution in [2.75, 3.05) is 12.4 Å². The molecule has 0 aliphatic carbocycles. The molecule has 0 radical (unpaired) electrons. The third kappa shape index (κ3) is 6.02. The van der Waals surface area contributed by atoms with E-state index in [0.29, 0.717) is 0 Å². The molecule has 172 valence electrons. The van der Waals surface area contributed by atoms with Crippen LogP contribution in [0.15, 0.2) is 47.4 Å². The van der Waals surface area contributed by atoms with Gasteiger partial charge >= 0.3 is 12.1 Å². The van der Waals surface area contributed by atoms with Crippen molar-refractivity contribution < 1.29 is 32.8 Å². The summed E-state index contributed by atoms with van der Waals surface area (Å²) in [6, 6.07) is 8.65. The number of anilines is 1. The summed E-state index contributed by atoms with van der Waals surface area (Å²) in [5.74, 6) is -1.25. The maximum Gasteiger partial charge on any atom is 0.412 e. The lowest BCUT2D eigenvalue weighted by Crippen LogP contribution is -2.29. The number of carbonyl (C=O) groups is 2. The first-order valence-electron chi connectivity index (χ1n) is 9.28. The highest BCUT2D eigenvalue weighted by molar-refractivity contribution is 7.89. The number of rotatable bonds is 7. The van der Waals surface area contributed by atoms with Gasteiger partial charge < -0.3 is 9.84 Å². The Morgan fingerprint density at radius 1 is 1.19 bits per heavy atom. The molecule has 0 bridgehead atoms. The van der Waals surface area contributed by atoms with Gasteiger partial charge in [0.15, 0.2) is 4.90 Å². The SMILES string of the molecule is CN(Cc1cc(C(=O)O)ccc1NC(=O)OC(C)(C)C)S(=O)(=O)c1ccccc1[N+](=O)[O-]. The zero-order valence-corrected chi connectivity index (χ0v) is 18.7. The summed E-state index contributed by atoms with van der Waals surface area (Å²) in [7, 11) is -3.13. The Hall–Kier alpha value is -3.51. The van der Waals surface area contributed by atoms with Crippen molar-refractivity contribution in [1.82, 2.24) is 4.31 Å². The molecule has 2 N–H and O–H groups in total. The van der Waals surface area contributed by atoms with Gasteiger partial charge in [-0.2, -0.15) is 4.31 Å². The zero-order valence-electron chi connectivity index (χ0n) is 17.9. The van der Waals surface area contributed by atoms with E-state index < -0.39 is 43.2 Å². The maximum atomic E-state index is 13.0. The zero-order chi connectivity index (χ0) is 24.3. The summed E-state index contributed by atoms with van der Waals surface area (Å²) >= 11 is 0. The molecule has 0 aromatic heterocycles. The van der Waals surface area contributed by atoms with Crippen LogP contribution in [0.5, 0.6) is 0 Å². The van der Waals surface area contributed by atoms with E-state index in [-0.39, 0.29) is 23.4 Å². The molecule has 0 spiro atoms. The van der Waals surface area contributed by atoms with Gasteiger partial charge in [-0.15, -0.1) is 0 Å². The lowest BCUT2D eigenvalue weighted by Gasteiger charge is -2.22. The van der Waals surface area contributed by atoms with Crippen LogP contribution in [-0.2, 0) is 21.3 Å². The Labute approximate surface area is 184 Å². The van der Waals surface area contributed by atoms with Gasteiger partial charge in [0.1, 0.15) is 5.60 Å². The number of carboxylic acid groups (broad SMARTS) is 1. The van der Waals surface area contributed by atoms with Gasteiger partial charge in [0, 0.05) is 25.3 Å². The number of sulfonamides is 1. The molecule has 2 rings (SSSR count). The van der Waals surface area contributed by atoms with Crippen LogP contribution in [0.2, 0.25) is 0 Å². The van der Waals surface area contributed by atoms with Crippen LogP contribution in [0, 0.1) is 10.1 Å². The van der Waals surface area contributed by atoms with E-state index in [1.807, 2.05) is 0 Å². The average molecular weight is 465 g/mol. The van der Waals surface area contributed by atoms with E-state index in [9.17, 15) is 33.2 Å². The first-order chi connectivity index (χ1) is 14.7. The van der Waals surface area contributed by atoms with Gasteiger partial charge in [0.2, 0.25) is 10.0 Å². The number of aromatic carboxylic acids is 1. The molecule has 2 aromatic carbocycles. The van der Waals surface area contributed by atoms with Gasteiger partial charge in [-0.05, 0) is 50.6 Å². The monoisotopic (exact) mass is 465 g/mol. The summed E-state index contributed by atoms with van der Waals surface area (Å²) in [6.45, 7) is 4.61. The standard InChI is InChI=1S/C20H23N3O8S/c1-20(2,3)31-19(26)21-15-10-9-13(18(24)25)11-14(15)12-22(4)32(29,30)17-8-6-5-7-16(17)23(27)28/h5-11H,12H2,1-4H3,(H,21,26)(H,24,25). The van der Waals surface area contributed by atoms with E-state index in [1.165, 1.54) is 37.4 Å². The molecule has 0 unspecified atom stereocenters. The second kappa shape index (κ2) is 9.32. The highest BCUT2D eigenvalue weighted by Gasteiger charge is 2.30. The normalized spacial score (nSPS) is 11.8. The molecular formula is C20H23N3O8S. The molecular weight excluding hydrogens is 442 g/mol. The first kappa shape index (κ1) is 24.8. The second-order valence-electron chi connectivity index (χ2n) is 7.79. The molecule has 0 aliphatic heterocycles. The summed E-state index contributed by atoms with van der Waals surface area (Å²) in [5, 5.41) is 23.0. The summed E-state index contributed by atoms with van der Waals surface area (Å²) in [6.07, 6.45) is -0.814. The lowest BCUT2D eigenvalue weighted by atomic mass is 10.1. The minimum Gasteiger partial charge on any atom is -0.478 e. The third-order valence-corrected chi connectivity index (χ3v) is 5.98. The van der Waals surface area contributed by atoms with E-state index in [2.05, 4.69) is 5.32 Å². The molecule has 1 amide bonds. The summed E-state index contributed by atoms with van der Waals surface area (Å²) in [4.78, 5) is 33.5. The second-order valence-corrected chi connectivity index (χ2v) is 9.80. The van der Waals surface area contributed by atoms with Gasteiger partial charge in [0.25, 0.3) is 5.69 Å². The van der Waals surface area contributed by atoms with Gasteiger partial charge in [0.05, 0.1) is 10.5 Å². The predicted molar refractivity (Wildman–Crippen MR) is 115 cm³/mol. The number of ether oxygens (including phenoxy) is 1. The predicted octanol–water partition coefficient (Wildman–Crippen LogP) is 3.46. The smallest absolute Gasteiger partial charge is 0.412 e. The van der Waals surface area contributed by atoms with Crippen molar-refractivity contribution in [3.8, 4) is 0 Å². The summed E-state index contributed by atoms with van der Waals surface area (Å²) < 4.78 is 32.0. The number of nitrogens with zero attached hydrogens (tertiary/aromatic N) is 2. The highest BCUT2D eigenvalue weighted by Crippen LogP contribution is 2.28. The number of nitrogens with one attached hydrogen (secondary N) is 1. The van der Waals surface area contributed by atoms with Crippen molar-refractivity contribution in [1.29, 1.82) is 0 Å². The molecule has 0 saturated heterocycles. The van der Waals surface area contributed by atoms with Crippen LogP contribution < -0.4 is 5.32 Å². The number of carbonyl (C=O) groups excluding carboxylic acids is 1. The number of carboxylic acids is 1. The Kier molecular flexibility index (Phi) is 7.21. The fourth-order valence-electron chi connectivity index (χ4n) is 2.71. The molecule has 0 saturated carbocycles. The minimum absolute atomic E-state index is 0.133. The van der Waals surface area contributed by atoms with E-state index >= 15 is 0 Å². The quantitative estimate of drug-likeness (QED) is 0.465. The van der Waals surface area contributed by atoms with Gasteiger partial charge in [-0.25, -0.2) is 18.0 Å². The lowest BCUT2D eigenvalue weighted by molar-refractivity contribution is -0.387. The van der Waals surface area contributed by atoms with E-state index in [4.69, 9.17) is 4.74 Å².